The molecule has 0 aliphatic heterocycles. The number of aromatic nitrogens is 5. The molecule has 8 nitrogen and oxygen atoms in total. The molecule has 0 fully saturated rings. The van der Waals surface area contributed by atoms with Gasteiger partial charge < -0.3 is 9.84 Å². The number of anilines is 1. The number of halogens is 1. The van der Waals surface area contributed by atoms with Gasteiger partial charge in [-0.1, -0.05) is 19.0 Å². The van der Waals surface area contributed by atoms with Gasteiger partial charge in [0.15, 0.2) is 11.6 Å². The Kier molecular flexibility index (Phi) is 5.35. The van der Waals surface area contributed by atoms with Crippen LogP contribution in [0.15, 0.2) is 35.4 Å². The number of nitrogens with zero attached hydrogens (tertiary/aromatic N) is 5. The number of benzene rings is 1. The molecule has 0 aliphatic rings. The second-order valence-electron chi connectivity index (χ2n) is 6.11. The van der Waals surface area contributed by atoms with E-state index in [0.29, 0.717) is 30.2 Å². The Morgan fingerprint density at radius 1 is 1.38 bits per heavy atom. The van der Waals surface area contributed by atoms with Gasteiger partial charge in [-0.3, -0.25) is 4.79 Å². The lowest BCUT2D eigenvalue weighted by Crippen LogP contribution is -2.12. The minimum absolute atomic E-state index is 0.200. The van der Waals surface area contributed by atoms with Gasteiger partial charge in [0.1, 0.15) is 18.3 Å². The molecule has 136 valence electrons. The molecule has 9 heteroatoms. The van der Waals surface area contributed by atoms with Crippen molar-refractivity contribution in [2.75, 3.05) is 5.32 Å². The van der Waals surface area contributed by atoms with Crippen LogP contribution < -0.4 is 5.32 Å². The smallest absolute Gasteiger partial charge is 0.226 e. The molecule has 1 amide bonds. The van der Waals surface area contributed by atoms with Gasteiger partial charge in [-0.15, -0.1) is 0 Å². The van der Waals surface area contributed by atoms with Crippen molar-refractivity contribution < 1.29 is 13.7 Å². The molecular weight excluding hydrogens is 339 g/mol. The van der Waals surface area contributed by atoms with Crippen molar-refractivity contribution in [3.8, 4) is 5.69 Å². The fourth-order valence-corrected chi connectivity index (χ4v) is 2.33. The zero-order chi connectivity index (χ0) is 18.5. The van der Waals surface area contributed by atoms with Crippen molar-refractivity contribution in [3.63, 3.8) is 0 Å². The van der Waals surface area contributed by atoms with Crippen molar-refractivity contribution in [1.82, 2.24) is 24.9 Å². The van der Waals surface area contributed by atoms with Crippen LogP contribution in [0, 0.1) is 5.82 Å². The quantitative estimate of drug-likeness (QED) is 0.697. The third-order valence-electron chi connectivity index (χ3n) is 3.69. The van der Waals surface area contributed by atoms with Crippen LogP contribution in [0.25, 0.3) is 5.69 Å². The van der Waals surface area contributed by atoms with E-state index in [-0.39, 0.29) is 23.9 Å². The van der Waals surface area contributed by atoms with Gasteiger partial charge >= 0.3 is 0 Å². The molecule has 0 unspecified atom stereocenters. The van der Waals surface area contributed by atoms with Gasteiger partial charge in [0, 0.05) is 24.4 Å². The summed E-state index contributed by atoms with van der Waals surface area (Å²) in [5, 5.41) is 10.4. The van der Waals surface area contributed by atoms with E-state index in [4.69, 9.17) is 4.52 Å². The van der Waals surface area contributed by atoms with Crippen LogP contribution in [0.2, 0.25) is 0 Å². The predicted octanol–water partition coefficient (Wildman–Crippen LogP) is 2.87. The highest BCUT2D eigenvalue weighted by molar-refractivity contribution is 5.90. The first-order valence-corrected chi connectivity index (χ1v) is 8.30. The highest BCUT2D eigenvalue weighted by Crippen LogP contribution is 2.18. The second-order valence-corrected chi connectivity index (χ2v) is 6.11. The van der Waals surface area contributed by atoms with E-state index < -0.39 is 5.82 Å². The number of carbonyl (C=O) groups excluding carboxylic acids is 1. The highest BCUT2D eigenvalue weighted by Gasteiger charge is 2.11. The SMILES string of the molecule is CC(C)c1noc(CCCC(=O)Nc2ccc(-n3cncn3)c(F)c2)n1. The summed E-state index contributed by atoms with van der Waals surface area (Å²) in [7, 11) is 0. The van der Waals surface area contributed by atoms with E-state index in [0.717, 1.165) is 0 Å². The lowest BCUT2D eigenvalue weighted by molar-refractivity contribution is -0.116. The van der Waals surface area contributed by atoms with Crippen molar-refractivity contribution in [2.24, 2.45) is 0 Å². The molecule has 0 spiro atoms. The fraction of sp³-hybridized carbons (Fsp3) is 0.353. The summed E-state index contributed by atoms with van der Waals surface area (Å²) in [6, 6.07) is 4.40. The van der Waals surface area contributed by atoms with E-state index in [1.807, 2.05) is 13.8 Å². The highest BCUT2D eigenvalue weighted by atomic mass is 19.1. The average Bonchev–Trinajstić information content (AvgIpc) is 3.26. The topological polar surface area (TPSA) is 98.7 Å². The van der Waals surface area contributed by atoms with Crippen molar-refractivity contribution in [3.05, 3.63) is 48.4 Å². The number of hydrogen-bond acceptors (Lipinski definition) is 6. The molecule has 26 heavy (non-hydrogen) atoms. The number of aryl methyl sites for hydroxylation is 1. The maximum atomic E-state index is 14.1. The largest absolute Gasteiger partial charge is 0.339 e. The van der Waals surface area contributed by atoms with Crippen molar-refractivity contribution >= 4 is 11.6 Å². The number of hydrogen-bond donors (Lipinski definition) is 1. The van der Waals surface area contributed by atoms with Gasteiger partial charge in [-0.25, -0.2) is 14.1 Å². The van der Waals surface area contributed by atoms with Gasteiger partial charge in [0.25, 0.3) is 0 Å². The monoisotopic (exact) mass is 358 g/mol. The molecule has 0 radical (unpaired) electrons. The summed E-state index contributed by atoms with van der Waals surface area (Å²) < 4.78 is 20.6. The van der Waals surface area contributed by atoms with Crippen LogP contribution >= 0.6 is 0 Å². The van der Waals surface area contributed by atoms with Crippen molar-refractivity contribution in [2.45, 2.75) is 39.0 Å². The standard InChI is InChI=1S/C17H19FN6O2/c1-11(2)17-22-16(26-23-17)5-3-4-15(25)21-12-6-7-14(13(18)8-12)24-10-19-9-20-24/h6-11H,3-5H2,1-2H3,(H,21,25). The average molecular weight is 358 g/mol. The van der Waals surface area contributed by atoms with Gasteiger partial charge in [-0.2, -0.15) is 10.1 Å². The third-order valence-corrected chi connectivity index (χ3v) is 3.69. The Labute approximate surface area is 149 Å². The summed E-state index contributed by atoms with van der Waals surface area (Å²) in [4.78, 5) is 20.1. The van der Waals surface area contributed by atoms with Gasteiger partial charge in [-0.05, 0) is 24.6 Å². The van der Waals surface area contributed by atoms with Crippen LogP contribution in [0.5, 0.6) is 0 Å². The Bertz CT molecular complexity index is 875. The first-order valence-electron chi connectivity index (χ1n) is 8.30. The number of nitrogens with one attached hydrogen (secondary N) is 1. The molecule has 2 aromatic heterocycles. The molecule has 1 aromatic carbocycles. The van der Waals surface area contributed by atoms with E-state index in [9.17, 15) is 9.18 Å². The second kappa shape index (κ2) is 7.85. The summed E-state index contributed by atoms with van der Waals surface area (Å²) in [5.41, 5.74) is 0.647. The van der Waals surface area contributed by atoms with Crippen LogP contribution in [0.1, 0.15) is 44.3 Å². The van der Waals surface area contributed by atoms with Crippen LogP contribution in [-0.4, -0.2) is 30.8 Å². The molecule has 0 aliphatic carbocycles. The molecule has 3 aromatic rings. The number of rotatable bonds is 7. The summed E-state index contributed by atoms with van der Waals surface area (Å²) >= 11 is 0. The first kappa shape index (κ1) is 17.7. The molecule has 0 bridgehead atoms. The summed E-state index contributed by atoms with van der Waals surface area (Å²) in [5.74, 6) is 0.671. The lowest BCUT2D eigenvalue weighted by Gasteiger charge is -2.07. The molecule has 2 heterocycles. The Balaban J connectivity index is 1.51. The molecule has 0 atom stereocenters. The van der Waals surface area contributed by atoms with Gasteiger partial charge in [0.05, 0.1) is 0 Å². The Hall–Kier alpha value is -3.10. The minimum atomic E-state index is -0.500. The maximum Gasteiger partial charge on any atom is 0.226 e. The van der Waals surface area contributed by atoms with Crippen LogP contribution in [0.4, 0.5) is 10.1 Å². The van der Waals surface area contributed by atoms with Crippen molar-refractivity contribution in [1.29, 1.82) is 0 Å². The van der Waals surface area contributed by atoms with Crippen LogP contribution in [0.3, 0.4) is 0 Å². The number of amides is 1. The molecular formula is C17H19FN6O2. The third kappa shape index (κ3) is 4.29. The lowest BCUT2D eigenvalue weighted by atomic mass is 10.2. The first-order chi connectivity index (χ1) is 12.5. The van der Waals surface area contributed by atoms with E-state index >= 15 is 0 Å². The fourth-order valence-electron chi connectivity index (χ4n) is 2.33. The molecule has 0 saturated carbocycles. The zero-order valence-corrected chi connectivity index (χ0v) is 14.5. The molecule has 1 N–H and O–H groups in total. The summed E-state index contributed by atoms with van der Waals surface area (Å²) in [6.07, 6.45) is 4.07. The Morgan fingerprint density at radius 3 is 2.88 bits per heavy atom. The maximum absolute atomic E-state index is 14.1. The summed E-state index contributed by atoms with van der Waals surface area (Å²) in [6.45, 7) is 3.96. The number of carbonyl (C=O) groups is 1. The van der Waals surface area contributed by atoms with E-state index in [2.05, 4.69) is 25.5 Å². The normalized spacial score (nSPS) is 11.1. The molecule has 3 rings (SSSR count). The van der Waals surface area contributed by atoms with E-state index in [1.54, 1.807) is 6.07 Å². The van der Waals surface area contributed by atoms with Gasteiger partial charge in [0.2, 0.25) is 11.8 Å². The van der Waals surface area contributed by atoms with E-state index in [1.165, 1.54) is 29.5 Å². The Morgan fingerprint density at radius 2 is 2.23 bits per heavy atom. The predicted molar refractivity (Wildman–Crippen MR) is 91.3 cm³/mol. The zero-order valence-electron chi connectivity index (χ0n) is 14.5. The van der Waals surface area contributed by atoms with Crippen LogP contribution in [-0.2, 0) is 11.2 Å². The molecule has 0 saturated heterocycles. The minimum Gasteiger partial charge on any atom is -0.339 e.